The van der Waals surface area contributed by atoms with E-state index in [1.54, 1.807) is 19.2 Å². The lowest BCUT2D eigenvalue weighted by molar-refractivity contribution is 0.628. The molecule has 0 amide bonds. The number of hydrogen-bond donors (Lipinski definition) is 1. The Labute approximate surface area is 179 Å². The second-order valence-corrected chi connectivity index (χ2v) is 7.13. The Bertz CT molecular complexity index is 1450. The number of nitrogens with zero attached hydrogens (tertiary/aromatic N) is 5. The average Bonchev–Trinajstić information content (AvgIpc) is 3.27. The van der Waals surface area contributed by atoms with Crippen LogP contribution >= 0.6 is 11.6 Å². The number of aromatic amines is 1. The third kappa shape index (κ3) is 3.53. The van der Waals surface area contributed by atoms with E-state index < -0.39 is 17.1 Å². The molecule has 0 atom stereocenters. The Morgan fingerprint density at radius 3 is 2.65 bits per heavy atom. The second kappa shape index (κ2) is 8.01. The summed E-state index contributed by atoms with van der Waals surface area (Å²) in [7, 11) is 0. The van der Waals surface area contributed by atoms with Crippen molar-refractivity contribution in [2.45, 2.75) is 13.5 Å². The first-order valence-electron chi connectivity index (χ1n) is 9.05. The van der Waals surface area contributed by atoms with E-state index in [0.717, 1.165) is 16.2 Å². The first-order chi connectivity index (χ1) is 14.9. The minimum Gasteiger partial charge on any atom is -0.285 e. The highest BCUT2D eigenvalue weighted by Crippen LogP contribution is 2.30. The van der Waals surface area contributed by atoms with Crippen LogP contribution in [0.4, 0.5) is 4.39 Å². The van der Waals surface area contributed by atoms with Gasteiger partial charge in [-0.2, -0.15) is 10.4 Å². The highest BCUT2D eigenvalue weighted by Gasteiger charge is 2.24. The molecule has 1 N–H and O–H groups in total. The van der Waals surface area contributed by atoms with Crippen LogP contribution in [0.2, 0.25) is 5.02 Å². The van der Waals surface area contributed by atoms with Crippen LogP contribution in [0.15, 0.2) is 58.6 Å². The van der Waals surface area contributed by atoms with Gasteiger partial charge >= 0.3 is 5.69 Å². The molecule has 0 saturated heterocycles. The van der Waals surface area contributed by atoms with Gasteiger partial charge in [-0.3, -0.25) is 19.4 Å². The van der Waals surface area contributed by atoms with Gasteiger partial charge in [-0.05, 0) is 36.2 Å². The SMILES string of the molecule is Cc1cncc(-n2c(=O)c(-c3ccc(F)c(Cl)c3)c(-c3cn[nH]c3)n(CC#N)c2=O)c1. The van der Waals surface area contributed by atoms with E-state index in [2.05, 4.69) is 15.2 Å². The van der Waals surface area contributed by atoms with Crippen molar-refractivity contribution in [2.24, 2.45) is 0 Å². The molecule has 8 nitrogen and oxygen atoms in total. The van der Waals surface area contributed by atoms with Gasteiger partial charge in [-0.25, -0.2) is 13.8 Å². The maximum absolute atomic E-state index is 13.8. The van der Waals surface area contributed by atoms with Crippen LogP contribution in [-0.2, 0) is 6.54 Å². The van der Waals surface area contributed by atoms with Crippen LogP contribution in [-0.4, -0.2) is 24.3 Å². The van der Waals surface area contributed by atoms with Crippen molar-refractivity contribution in [2.75, 3.05) is 0 Å². The maximum Gasteiger partial charge on any atom is 0.337 e. The summed E-state index contributed by atoms with van der Waals surface area (Å²) in [5.41, 5.74) is 0.543. The number of rotatable bonds is 4. The molecule has 4 rings (SSSR count). The fourth-order valence-corrected chi connectivity index (χ4v) is 3.53. The van der Waals surface area contributed by atoms with Crippen molar-refractivity contribution < 1.29 is 4.39 Å². The van der Waals surface area contributed by atoms with Gasteiger partial charge in [0.2, 0.25) is 0 Å². The first-order valence-corrected chi connectivity index (χ1v) is 9.43. The van der Waals surface area contributed by atoms with Gasteiger partial charge in [0.05, 0.1) is 40.4 Å². The lowest BCUT2D eigenvalue weighted by atomic mass is 10.0. The zero-order valence-corrected chi connectivity index (χ0v) is 16.9. The number of hydrogen-bond acceptors (Lipinski definition) is 5. The van der Waals surface area contributed by atoms with Gasteiger partial charge in [0.25, 0.3) is 5.56 Å². The fourth-order valence-electron chi connectivity index (χ4n) is 3.35. The fraction of sp³-hybridized carbons (Fsp3) is 0.0952. The average molecular weight is 437 g/mol. The normalized spacial score (nSPS) is 10.8. The summed E-state index contributed by atoms with van der Waals surface area (Å²) in [6.45, 7) is 1.44. The molecule has 3 heterocycles. The molecule has 0 aliphatic heterocycles. The summed E-state index contributed by atoms with van der Waals surface area (Å²) >= 11 is 5.97. The van der Waals surface area contributed by atoms with Crippen LogP contribution < -0.4 is 11.2 Å². The van der Waals surface area contributed by atoms with Crippen molar-refractivity contribution in [1.29, 1.82) is 5.26 Å². The van der Waals surface area contributed by atoms with Crippen LogP contribution in [0.1, 0.15) is 5.56 Å². The molecule has 0 spiro atoms. The molecule has 3 aromatic heterocycles. The Balaban J connectivity index is 2.20. The highest BCUT2D eigenvalue weighted by atomic mass is 35.5. The molecule has 1 aromatic carbocycles. The van der Waals surface area contributed by atoms with Gasteiger partial charge < -0.3 is 0 Å². The van der Waals surface area contributed by atoms with Crippen LogP contribution in [0.5, 0.6) is 0 Å². The number of nitrogens with one attached hydrogen (secondary N) is 1. The second-order valence-electron chi connectivity index (χ2n) is 6.73. The molecule has 0 radical (unpaired) electrons. The van der Waals surface area contributed by atoms with Crippen molar-refractivity contribution in [3.05, 3.63) is 86.3 Å². The summed E-state index contributed by atoms with van der Waals surface area (Å²) in [6, 6.07) is 7.41. The number of benzene rings is 1. The van der Waals surface area contributed by atoms with E-state index in [1.165, 1.54) is 35.3 Å². The quantitative estimate of drug-likeness (QED) is 0.528. The predicted octanol–water partition coefficient (Wildman–Crippen LogP) is 3.08. The maximum atomic E-state index is 13.8. The molecule has 10 heteroatoms. The summed E-state index contributed by atoms with van der Waals surface area (Å²) in [5.74, 6) is -0.649. The predicted molar refractivity (Wildman–Crippen MR) is 112 cm³/mol. The Kier molecular flexibility index (Phi) is 5.23. The summed E-state index contributed by atoms with van der Waals surface area (Å²) in [6.07, 6.45) is 5.89. The zero-order chi connectivity index (χ0) is 22.1. The van der Waals surface area contributed by atoms with E-state index in [-0.39, 0.29) is 34.1 Å². The van der Waals surface area contributed by atoms with Crippen molar-refractivity contribution in [3.63, 3.8) is 0 Å². The van der Waals surface area contributed by atoms with E-state index in [0.29, 0.717) is 5.56 Å². The smallest absolute Gasteiger partial charge is 0.285 e. The van der Waals surface area contributed by atoms with Gasteiger partial charge in [-0.1, -0.05) is 17.7 Å². The number of nitriles is 1. The van der Waals surface area contributed by atoms with Gasteiger partial charge in [0, 0.05) is 18.0 Å². The largest absolute Gasteiger partial charge is 0.337 e. The highest BCUT2D eigenvalue weighted by molar-refractivity contribution is 6.31. The van der Waals surface area contributed by atoms with Gasteiger partial charge in [-0.15, -0.1) is 0 Å². The Hall–Kier alpha value is -4.03. The minimum absolute atomic E-state index is 0.0691. The zero-order valence-electron chi connectivity index (χ0n) is 16.1. The Morgan fingerprint density at radius 2 is 2.00 bits per heavy atom. The molecule has 4 aromatic rings. The molecule has 31 heavy (non-hydrogen) atoms. The molecule has 0 aliphatic carbocycles. The number of aromatic nitrogens is 5. The number of pyridine rings is 1. The monoisotopic (exact) mass is 436 g/mol. The Morgan fingerprint density at radius 1 is 1.19 bits per heavy atom. The van der Waals surface area contributed by atoms with Crippen LogP contribution in [0, 0.1) is 24.1 Å². The number of aryl methyl sites for hydroxylation is 1. The van der Waals surface area contributed by atoms with E-state index in [9.17, 15) is 19.2 Å². The summed E-state index contributed by atoms with van der Waals surface area (Å²) in [5, 5.41) is 15.7. The standard InChI is InChI=1S/C21H14ClFN6O2/c1-12-6-15(11-25-8-12)29-20(30)18(13-2-3-17(23)16(22)7-13)19(14-9-26-27-10-14)28(5-4-24)21(29)31/h2-3,6-11H,5H2,1H3,(H,26,27). The van der Waals surface area contributed by atoms with Gasteiger partial charge in [0.1, 0.15) is 12.4 Å². The van der Waals surface area contributed by atoms with Crippen molar-refractivity contribution >= 4 is 11.6 Å². The molecule has 0 fully saturated rings. The van der Waals surface area contributed by atoms with Gasteiger partial charge in [0.15, 0.2) is 0 Å². The summed E-state index contributed by atoms with van der Waals surface area (Å²) in [4.78, 5) is 31.0. The molecule has 0 unspecified atom stereocenters. The van der Waals surface area contributed by atoms with Crippen LogP contribution in [0.25, 0.3) is 28.1 Å². The lowest BCUT2D eigenvalue weighted by Crippen LogP contribution is -2.40. The molecular formula is C21H14ClFN6O2. The minimum atomic E-state index is -0.716. The van der Waals surface area contributed by atoms with E-state index >= 15 is 0 Å². The lowest BCUT2D eigenvalue weighted by Gasteiger charge is -2.17. The van der Waals surface area contributed by atoms with Crippen molar-refractivity contribution in [3.8, 4) is 34.1 Å². The molecule has 0 saturated carbocycles. The topological polar surface area (TPSA) is 109 Å². The van der Waals surface area contributed by atoms with E-state index in [4.69, 9.17) is 11.6 Å². The summed E-state index contributed by atoms with van der Waals surface area (Å²) < 4.78 is 15.9. The molecule has 0 bridgehead atoms. The van der Waals surface area contributed by atoms with Crippen LogP contribution in [0.3, 0.4) is 0 Å². The van der Waals surface area contributed by atoms with E-state index in [1.807, 2.05) is 6.07 Å². The molecular weight excluding hydrogens is 423 g/mol. The first kappa shape index (κ1) is 20.3. The molecule has 154 valence electrons. The van der Waals surface area contributed by atoms with Crippen molar-refractivity contribution in [1.82, 2.24) is 24.3 Å². The number of halogens is 2. The number of H-pyrrole nitrogens is 1. The molecule has 0 aliphatic rings. The third-order valence-corrected chi connectivity index (χ3v) is 4.96. The third-order valence-electron chi connectivity index (χ3n) is 4.67.